The second-order valence-electron chi connectivity index (χ2n) is 9.32. The van der Waals surface area contributed by atoms with Gasteiger partial charge in [-0.05, 0) is 125 Å². The summed E-state index contributed by atoms with van der Waals surface area (Å²) in [5, 5.41) is 0. The fourth-order valence-electron chi connectivity index (χ4n) is 4.83. The maximum Gasteiger partial charge on any atom is 0.500 e. The van der Waals surface area contributed by atoms with Crippen molar-refractivity contribution in [2.45, 2.75) is 99.5 Å². The molecule has 0 saturated carbocycles. The van der Waals surface area contributed by atoms with E-state index in [1.54, 1.807) is 0 Å². The molecule has 0 amide bonds. The van der Waals surface area contributed by atoms with Gasteiger partial charge in [0, 0.05) is 25.9 Å². The minimum Gasteiger partial charge on any atom is -0.374 e. The largest absolute Gasteiger partial charge is 0.500 e. The molecule has 0 heterocycles. The maximum absolute atomic E-state index is 6.09. The van der Waals surface area contributed by atoms with E-state index in [2.05, 4.69) is 42.4 Å². The van der Waals surface area contributed by atoms with Crippen LogP contribution in [0.4, 0.5) is 0 Å². The molecule has 0 N–H and O–H groups in total. The Hall–Kier alpha value is -0.0231. The molecule has 0 saturated heterocycles. The first-order chi connectivity index (χ1) is 16.5. The molecule has 34 heavy (non-hydrogen) atoms. The van der Waals surface area contributed by atoms with E-state index in [0.29, 0.717) is 19.8 Å². The number of hydrogen-bond donors (Lipinski definition) is 0. The molecule has 0 aromatic rings. The zero-order valence-electron chi connectivity index (χ0n) is 24.2. The van der Waals surface area contributed by atoms with Gasteiger partial charge in [0.05, 0.1) is 0 Å². The third-order valence-corrected chi connectivity index (χ3v) is 9.26. The predicted octanol–water partition coefficient (Wildman–Crippen LogP) is 5.75. The highest BCUT2D eigenvalue weighted by atomic mass is 28.4. The predicted molar refractivity (Wildman–Crippen MR) is 150 cm³/mol. The monoisotopic (exact) mass is 503 g/mol. The van der Waals surface area contributed by atoms with Crippen molar-refractivity contribution in [2.24, 2.45) is 0 Å². The standard InChI is InChI=1S/C27H61N3O3Si/c1-8-18-28(19-9-2)22-15-24-30(25-16-23-29(20-10-3)21-11-4)26-17-27-34(31-12-5,32-13-6)33-14-7/h8-27H2,1-7H3. The van der Waals surface area contributed by atoms with Gasteiger partial charge in [-0.3, -0.25) is 0 Å². The van der Waals surface area contributed by atoms with Gasteiger partial charge in [-0.2, -0.15) is 0 Å². The maximum atomic E-state index is 6.09. The molecular formula is C27H61N3O3Si. The highest BCUT2D eigenvalue weighted by Gasteiger charge is 2.39. The lowest BCUT2D eigenvalue weighted by molar-refractivity contribution is 0.0698. The average molecular weight is 504 g/mol. The highest BCUT2D eigenvalue weighted by Crippen LogP contribution is 2.19. The van der Waals surface area contributed by atoms with E-state index in [-0.39, 0.29) is 0 Å². The third-order valence-electron chi connectivity index (χ3n) is 6.11. The normalized spacial score (nSPS) is 12.5. The van der Waals surface area contributed by atoms with Crippen molar-refractivity contribution in [1.82, 2.24) is 14.7 Å². The SMILES string of the molecule is CCCN(CCC)CCCN(CCCN(CCC)CCC)CCC[Si](OCC)(OCC)OCC. The van der Waals surface area contributed by atoms with Gasteiger partial charge in [0.25, 0.3) is 0 Å². The van der Waals surface area contributed by atoms with Gasteiger partial charge in [0.1, 0.15) is 0 Å². The van der Waals surface area contributed by atoms with Gasteiger partial charge in [-0.15, -0.1) is 0 Å². The summed E-state index contributed by atoms with van der Waals surface area (Å²) in [6.07, 6.45) is 8.55. The van der Waals surface area contributed by atoms with E-state index in [1.165, 1.54) is 90.9 Å². The lowest BCUT2D eigenvalue weighted by atomic mass is 10.2. The minimum atomic E-state index is -2.55. The van der Waals surface area contributed by atoms with Crippen LogP contribution < -0.4 is 0 Å². The van der Waals surface area contributed by atoms with E-state index in [0.717, 1.165) is 19.0 Å². The van der Waals surface area contributed by atoms with Crippen LogP contribution in [-0.2, 0) is 13.3 Å². The van der Waals surface area contributed by atoms with E-state index >= 15 is 0 Å². The highest BCUT2D eigenvalue weighted by molar-refractivity contribution is 6.60. The minimum absolute atomic E-state index is 0.658. The molecule has 0 rings (SSSR count). The van der Waals surface area contributed by atoms with Crippen LogP contribution in [0.15, 0.2) is 0 Å². The van der Waals surface area contributed by atoms with Gasteiger partial charge >= 0.3 is 8.80 Å². The third kappa shape index (κ3) is 16.6. The van der Waals surface area contributed by atoms with E-state index < -0.39 is 8.80 Å². The van der Waals surface area contributed by atoms with Crippen LogP contribution in [0.3, 0.4) is 0 Å². The molecule has 0 radical (unpaired) electrons. The summed E-state index contributed by atoms with van der Waals surface area (Å²) in [5.41, 5.74) is 0. The Balaban J connectivity index is 4.91. The second-order valence-corrected chi connectivity index (χ2v) is 12.0. The van der Waals surface area contributed by atoms with Gasteiger partial charge < -0.3 is 28.0 Å². The molecular weight excluding hydrogens is 442 g/mol. The number of rotatable bonds is 26. The van der Waals surface area contributed by atoms with Gasteiger partial charge in [0.2, 0.25) is 0 Å². The zero-order chi connectivity index (χ0) is 25.5. The Kier molecular flexibility index (Phi) is 23.4. The summed E-state index contributed by atoms with van der Waals surface area (Å²) >= 11 is 0. The van der Waals surface area contributed by atoms with Crippen molar-refractivity contribution in [2.75, 3.05) is 78.7 Å². The summed E-state index contributed by atoms with van der Waals surface area (Å²) in [6.45, 7) is 28.1. The fourth-order valence-corrected chi connectivity index (χ4v) is 7.42. The molecule has 0 unspecified atom stereocenters. The van der Waals surface area contributed by atoms with Crippen LogP contribution in [0.2, 0.25) is 6.04 Å². The Morgan fingerprint density at radius 2 is 0.706 bits per heavy atom. The van der Waals surface area contributed by atoms with Gasteiger partial charge in [-0.1, -0.05) is 27.7 Å². The topological polar surface area (TPSA) is 37.4 Å². The number of hydrogen-bond acceptors (Lipinski definition) is 6. The van der Waals surface area contributed by atoms with Crippen LogP contribution in [-0.4, -0.2) is 102 Å². The summed E-state index contributed by atoms with van der Waals surface area (Å²) in [5.74, 6) is 0. The molecule has 0 aliphatic heterocycles. The Morgan fingerprint density at radius 3 is 1.00 bits per heavy atom. The number of nitrogens with zero attached hydrogens (tertiary/aromatic N) is 3. The summed E-state index contributed by atoms with van der Waals surface area (Å²) in [7, 11) is -2.55. The molecule has 0 aromatic carbocycles. The van der Waals surface area contributed by atoms with Crippen molar-refractivity contribution in [1.29, 1.82) is 0 Å². The van der Waals surface area contributed by atoms with Gasteiger partial charge in [-0.25, -0.2) is 0 Å². The summed E-state index contributed by atoms with van der Waals surface area (Å²) in [4.78, 5) is 7.97. The molecule has 0 bridgehead atoms. The smallest absolute Gasteiger partial charge is 0.374 e. The van der Waals surface area contributed by atoms with Crippen molar-refractivity contribution >= 4 is 8.80 Å². The fraction of sp³-hybridized carbons (Fsp3) is 1.00. The Labute approximate surface area is 215 Å². The first kappa shape index (κ1) is 34.0. The summed E-state index contributed by atoms with van der Waals surface area (Å²) < 4.78 is 18.3. The van der Waals surface area contributed by atoms with Crippen LogP contribution in [0.5, 0.6) is 0 Å². The molecule has 7 heteroatoms. The van der Waals surface area contributed by atoms with Crippen molar-refractivity contribution in [3.8, 4) is 0 Å². The molecule has 6 nitrogen and oxygen atoms in total. The molecule has 206 valence electrons. The lowest BCUT2D eigenvalue weighted by Crippen LogP contribution is -2.46. The molecule has 0 fully saturated rings. The average Bonchev–Trinajstić information content (AvgIpc) is 2.80. The molecule has 0 aliphatic rings. The quantitative estimate of drug-likeness (QED) is 0.140. The lowest BCUT2D eigenvalue weighted by Gasteiger charge is -2.30. The molecule has 0 atom stereocenters. The second kappa shape index (κ2) is 23.4. The van der Waals surface area contributed by atoms with Crippen LogP contribution in [0.1, 0.15) is 93.4 Å². The molecule has 0 aromatic heterocycles. The molecule has 0 aliphatic carbocycles. The van der Waals surface area contributed by atoms with Crippen LogP contribution in [0.25, 0.3) is 0 Å². The van der Waals surface area contributed by atoms with Crippen LogP contribution >= 0.6 is 0 Å². The van der Waals surface area contributed by atoms with Crippen molar-refractivity contribution in [3.05, 3.63) is 0 Å². The van der Waals surface area contributed by atoms with Crippen molar-refractivity contribution in [3.63, 3.8) is 0 Å². The Morgan fingerprint density at radius 1 is 0.412 bits per heavy atom. The van der Waals surface area contributed by atoms with Gasteiger partial charge in [0.15, 0.2) is 0 Å². The Bertz CT molecular complexity index is 381. The van der Waals surface area contributed by atoms with E-state index in [1.807, 2.05) is 20.8 Å². The first-order valence-electron chi connectivity index (χ1n) is 14.6. The summed E-state index contributed by atoms with van der Waals surface area (Å²) in [6, 6.07) is 0.911. The van der Waals surface area contributed by atoms with Crippen molar-refractivity contribution < 1.29 is 13.3 Å². The molecule has 0 spiro atoms. The van der Waals surface area contributed by atoms with E-state index in [9.17, 15) is 0 Å². The van der Waals surface area contributed by atoms with Crippen LogP contribution in [0, 0.1) is 0 Å². The van der Waals surface area contributed by atoms with E-state index in [4.69, 9.17) is 13.3 Å². The zero-order valence-corrected chi connectivity index (χ0v) is 25.2. The first-order valence-corrected chi connectivity index (χ1v) is 16.6.